The van der Waals surface area contributed by atoms with E-state index in [9.17, 15) is 8.42 Å². The summed E-state index contributed by atoms with van der Waals surface area (Å²) < 4.78 is 33.5. The summed E-state index contributed by atoms with van der Waals surface area (Å²) in [5, 5.41) is 3.31. The zero-order chi connectivity index (χ0) is 18.6. The number of piperazine rings is 1. The van der Waals surface area contributed by atoms with E-state index in [0.29, 0.717) is 12.3 Å². The van der Waals surface area contributed by atoms with Crippen LogP contribution in [0.1, 0.15) is 11.1 Å². The second kappa shape index (κ2) is 9.41. The maximum Gasteiger partial charge on any atom is 0.261 e. The van der Waals surface area contributed by atoms with Crippen LogP contribution in [0.5, 0.6) is 0 Å². The quantitative estimate of drug-likeness (QED) is 0.764. The molecular formula is C19H26ClN3O3S. The summed E-state index contributed by atoms with van der Waals surface area (Å²) in [5.41, 5.74) is 3.50. The first kappa shape index (κ1) is 21.5. The van der Waals surface area contributed by atoms with Gasteiger partial charge >= 0.3 is 0 Å². The molecule has 0 bridgehead atoms. The lowest BCUT2D eigenvalue weighted by atomic mass is 10.1. The lowest BCUT2D eigenvalue weighted by molar-refractivity contribution is 0.185. The van der Waals surface area contributed by atoms with Crippen molar-refractivity contribution in [1.82, 2.24) is 5.32 Å². The van der Waals surface area contributed by atoms with Crippen LogP contribution >= 0.6 is 12.4 Å². The molecule has 8 heteroatoms. The highest BCUT2D eigenvalue weighted by atomic mass is 35.5. The Kier molecular flexibility index (Phi) is 7.49. The number of halogens is 1. The van der Waals surface area contributed by atoms with Crippen LogP contribution in [0.4, 0.5) is 11.4 Å². The van der Waals surface area contributed by atoms with E-state index >= 15 is 0 Å². The normalized spacial score (nSPS) is 14.5. The Morgan fingerprint density at radius 3 is 2.59 bits per heavy atom. The number of aryl methyl sites for hydroxylation is 1. The molecule has 0 saturated carbocycles. The smallest absolute Gasteiger partial charge is 0.261 e. The van der Waals surface area contributed by atoms with Crippen molar-refractivity contribution in [3.8, 4) is 0 Å². The zero-order valence-corrected chi connectivity index (χ0v) is 17.2. The SMILES string of the molecule is COCc1cccc(NS(=O)(=O)c2ccc(C)c(N3CCNCC3)c2)c1.Cl. The Balaban J connectivity index is 0.00000261. The summed E-state index contributed by atoms with van der Waals surface area (Å²) in [6, 6.07) is 12.5. The second-order valence-electron chi connectivity index (χ2n) is 6.42. The average molecular weight is 412 g/mol. The summed E-state index contributed by atoms with van der Waals surface area (Å²) in [4.78, 5) is 2.50. The van der Waals surface area contributed by atoms with Crippen molar-refractivity contribution >= 4 is 33.8 Å². The molecule has 0 amide bonds. The highest BCUT2D eigenvalue weighted by Crippen LogP contribution is 2.26. The number of ether oxygens (including phenoxy) is 1. The third-order valence-electron chi connectivity index (χ3n) is 4.44. The van der Waals surface area contributed by atoms with Crippen LogP contribution in [0.3, 0.4) is 0 Å². The molecular weight excluding hydrogens is 386 g/mol. The molecule has 0 radical (unpaired) electrons. The van der Waals surface area contributed by atoms with E-state index in [2.05, 4.69) is 14.9 Å². The zero-order valence-electron chi connectivity index (χ0n) is 15.6. The van der Waals surface area contributed by atoms with Crippen LogP contribution in [0.15, 0.2) is 47.4 Å². The highest BCUT2D eigenvalue weighted by Gasteiger charge is 2.19. The summed E-state index contributed by atoms with van der Waals surface area (Å²) in [7, 11) is -2.04. The number of methoxy groups -OCH3 is 1. The lowest BCUT2D eigenvalue weighted by Crippen LogP contribution is -2.43. The maximum atomic E-state index is 12.8. The summed E-state index contributed by atoms with van der Waals surface area (Å²) in [6.45, 7) is 6.00. The van der Waals surface area contributed by atoms with Gasteiger partial charge in [0.2, 0.25) is 0 Å². The molecule has 1 aliphatic rings. The fraction of sp³-hybridized carbons (Fsp3) is 0.368. The molecule has 148 valence electrons. The Bertz CT molecular complexity index is 868. The molecule has 1 aliphatic heterocycles. The fourth-order valence-electron chi connectivity index (χ4n) is 3.11. The third kappa shape index (κ3) is 5.35. The Hall–Kier alpha value is -1.80. The van der Waals surface area contributed by atoms with Crippen LogP contribution < -0.4 is 14.9 Å². The summed E-state index contributed by atoms with van der Waals surface area (Å²) in [6.07, 6.45) is 0. The average Bonchev–Trinajstić information content (AvgIpc) is 2.63. The van der Waals surface area contributed by atoms with E-state index in [0.717, 1.165) is 43.0 Å². The predicted molar refractivity (Wildman–Crippen MR) is 111 cm³/mol. The number of nitrogens with one attached hydrogen (secondary N) is 2. The molecule has 0 atom stereocenters. The first-order chi connectivity index (χ1) is 12.5. The van der Waals surface area contributed by atoms with Crippen molar-refractivity contribution in [3.63, 3.8) is 0 Å². The molecule has 1 fully saturated rings. The van der Waals surface area contributed by atoms with E-state index in [1.54, 1.807) is 31.4 Å². The Labute approximate surface area is 167 Å². The number of nitrogens with zero attached hydrogens (tertiary/aromatic N) is 1. The van der Waals surface area contributed by atoms with Crippen LogP contribution in [0.25, 0.3) is 0 Å². The number of benzene rings is 2. The third-order valence-corrected chi connectivity index (χ3v) is 5.82. The van der Waals surface area contributed by atoms with Gasteiger partial charge in [-0.1, -0.05) is 18.2 Å². The minimum absolute atomic E-state index is 0. The minimum atomic E-state index is -3.66. The number of rotatable bonds is 6. The first-order valence-electron chi connectivity index (χ1n) is 8.66. The highest BCUT2D eigenvalue weighted by molar-refractivity contribution is 7.92. The number of sulfonamides is 1. The second-order valence-corrected chi connectivity index (χ2v) is 8.11. The minimum Gasteiger partial charge on any atom is -0.380 e. The van der Waals surface area contributed by atoms with Gasteiger partial charge < -0.3 is 15.0 Å². The van der Waals surface area contributed by atoms with Gasteiger partial charge in [0.25, 0.3) is 10.0 Å². The van der Waals surface area contributed by atoms with Gasteiger partial charge in [0, 0.05) is 44.7 Å². The number of hydrogen-bond acceptors (Lipinski definition) is 5. The topological polar surface area (TPSA) is 70.7 Å². The van der Waals surface area contributed by atoms with E-state index in [4.69, 9.17) is 4.74 Å². The van der Waals surface area contributed by atoms with Gasteiger partial charge in [-0.2, -0.15) is 0 Å². The molecule has 1 heterocycles. The molecule has 2 aromatic carbocycles. The molecule has 0 aliphatic carbocycles. The summed E-state index contributed by atoms with van der Waals surface area (Å²) in [5.74, 6) is 0. The van der Waals surface area contributed by atoms with Crippen molar-refractivity contribution < 1.29 is 13.2 Å². The number of hydrogen-bond donors (Lipinski definition) is 2. The largest absolute Gasteiger partial charge is 0.380 e. The Morgan fingerprint density at radius 1 is 1.15 bits per heavy atom. The van der Waals surface area contributed by atoms with Crippen molar-refractivity contribution in [2.24, 2.45) is 0 Å². The van der Waals surface area contributed by atoms with Gasteiger partial charge in [0.1, 0.15) is 0 Å². The van der Waals surface area contributed by atoms with E-state index in [1.165, 1.54) is 0 Å². The van der Waals surface area contributed by atoms with E-state index in [-0.39, 0.29) is 17.3 Å². The van der Waals surface area contributed by atoms with Crippen LogP contribution in [-0.4, -0.2) is 41.7 Å². The molecule has 0 aromatic heterocycles. The molecule has 0 spiro atoms. The van der Waals surface area contributed by atoms with Crippen LogP contribution in [0, 0.1) is 6.92 Å². The first-order valence-corrected chi connectivity index (χ1v) is 10.1. The fourth-order valence-corrected chi connectivity index (χ4v) is 4.18. The summed E-state index contributed by atoms with van der Waals surface area (Å²) >= 11 is 0. The molecule has 2 aromatic rings. The standard InChI is InChI=1S/C19H25N3O3S.ClH/c1-15-6-7-18(13-19(15)22-10-8-20-9-11-22)26(23,24)21-17-5-3-4-16(12-17)14-25-2;/h3-7,12-13,20-21H,8-11,14H2,1-2H3;1H. The van der Waals surface area contributed by atoms with Crippen LogP contribution in [0.2, 0.25) is 0 Å². The van der Waals surface area contributed by atoms with Crippen LogP contribution in [-0.2, 0) is 21.4 Å². The molecule has 27 heavy (non-hydrogen) atoms. The van der Waals surface area contributed by atoms with Gasteiger partial charge in [0.15, 0.2) is 0 Å². The van der Waals surface area contributed by atoms with Crippen molar-refractivity contribution in [2.75, 3.05) is 42.9 Å². The molecule has 3 rings (SSSR count). The van der Waals surface area contributed by atoms with Gasteiger partial charge in [-0.3, -0.25) is 4.72 Å². The van der Waals surface area contributed by atoms with E-state index < -0.39 is 10.0 Å². The molecule has 0 unspecified atom stereocenters. The lowest BCUT2D eigenvalue weighted by Gasteiger charge is -2.31. The monoisotopic (exact) mass is 411 g/mol. The van der Waals surface area contributed by atoms with Gasteiger partial charge in [-0.25, -0.2) is 8.42 Å². The van der Waals surface area contributed by atoms with Crippen molar-refractivity contribution in [1.29, 1.82) is 0 Å². The van der Waals surface area contributed by atoms with Gasteiger partial charge in [-0.15, -0.1) is 12.4 Å². The van der Waals surface area contributed by atoms with E-state index in [1.807, 2.05) is 25.1 Å². The molecule has 1 saturated heterocycles. The van der Waals surface area contributed by atoms with Gasteiger partial charge in [0.05, 0.1) is 11.5 Å². The predicted octanol–water partition coefficient (Wildman–Crippen LogP) is 2.77. The van der Waals surface area contributed by atoms with Gasteiger partial charge in [-0.05, 0) is 42.3 Å². The number of anilines is 2. The van der Waals surface area contributed by atoms with Crippen molar-refractivity contribution in [3.05, 3.63) is 53.6 Å². The molecule has 6 nitrogen and oxygen atoms in total. The Morgan fingerprint density at radius 2 is 1.89 bits per heavy atom. The van der Waals surface area contributed by atoms with Crippen molar-refractivity contribution in [2.45, 2.75) is 18.4 Å². The maximum absolute atomic E-state index is 12.8. The molecule has 2 N–H and O–H groups in total.